The van der Waals surface area contributed by atoms with Crippen LogP contribution in [0.5, 0.6) is 5.75 Å². The Labute approximate surface area is 204 Å². The Kier molecular flexibility index (Phi) is 6.08. The summed E-state index contributed by atoms with van der Waals surface area (Å²) in [5, 5.41) is 1.28. The summed E-state index contributed by atoms with van der Waals surface area (Å²) in [6.07, 6.45) is 2.51. The molecule has 1 aliphatic rings. The van der Waals surface area contributed by atoms with Crippen molar-refractivity contribution in [3.05, 3.63) is 71.0 Å². The zero-order valence-corrected chi connectivity index (χ0v) is 19.7. The number of piperidine rings is 1. The van der Waals surface area contributed by atoms with E-state index in [-0.39, 0.29) is 11.9 Å². The van der Waals surface area contributed by atoms with Gasteiger partial charge in [0.2, 0.25) is 0 Å². The van der Waals surface area contributed by atoms with Crippen LogP contribution in [0, 0.1) is 5.82 Å². The van der Waals surface area contributed by atoms with E-state index in [1.54, 1.807) is 19.2 Å². The van der Waals surface area contributed by atoms with E-state index in [4.69, 9.17) is 10.5 Å². The Bertz CT molecular complexity index is 1410. The first-order valence-electron chi connectivity index (χ1n) is 11.1. The van der Waals surface area contributed by atoms with E-state index in [0.717, 1.165) is 22.8 Å². The number of rotatable bonds is 5. The van der Waals surface area contributed by atoms with Crippen molar-refractivity contribution in [3.63, 3.8) is 0 Å². The number of urea groups is 1. The van der Waals surface area contributed by atoms with Crippen LogP contribution in [0.15, 0.2) is 59.7 Å². The lowest BCUT2D eigenvalue weighted by atomic mass is 10.0. The number of primary amides is 1. The molecule has 2 aromatic heterocycles. The number of halogens is 1. The summed E-state index contributed by atoms with van der Waals surface area (Å²) in [6.45, 7) is 1.26. The van der Waals surface area contributed by atoms with Crippen molar-refractivity contribution < 1.29 is 13.9 Å². The van der Waals surface area contributed by atoms with Gasteiger partial charge in [-0.25, -0.2) is 23.9 Å². The number of hydrogen-bond donors (Lipinski definition) is 1. The number of amides is 2. The molecule has 2 amide bonds. The second-order valence-corrected chi connectivity index (χ2v) is 8.98. The van der Waals surface area contributed by atoms with Gasteiger partial charge in [-0.05, 0) is 72.9 Å². The van der Waals surface area contributed by atoms with Crippen molar-refractivity contribution in [1.82, 2.24) is 14.0 Å². The number of fused-ring (bicyclic) bond motifs is 1. The van der Waals surface area contributed by atoms with E-state index in [1.165, 1.54) is 28.1 Å². The van der Waals surface area contributed by atoms with Gasteiger partial charge in [0.05, 0.1) is 13.2 Å². The molecule has 2 aromatic carbocycles. The van der Waals surface area contributed by atoms with Crippen molar-refractivity contribution in [3.8, 4) is 17.0 Å². The molecule has 1 aliphatic heterocycles. The van der Waals surface area contributed by atoms with Crippen molar-refractivity contribution in [2.45, 2.75) is 18.9 Å². The molecule has 2 N–H and O–H groups in total. The normalized spacial score (nSPS) is 14.3. The topological polar surface area (TPSA) is 107 Å². The number of nitrogens with two attached hydrogens (primary N) is 1. The Morgan fingerprint density at radius 2 is 1.83 bits per heavy atom. The van der Waals surface area contributed by atoms with E-state index in [0.29, 0.717) is 47.6 Å². The molecule has 3 heterocycles. The quantitative estimate of drug-likeness (QED) is 0.456. The molecule has 35 heavy (non-hydrogen) atoms. The van der Waals surface area contributed by atoms with E-state index in [9.17, 15) is 14.0 Å². The highest BCUT2D eigenvalue weighted by Gasteiger charge is 2.30. The van der Waals surface area contributed by atoms with E-state index < -0.39 is 11.6 Å². The van der Waals surface area contributed by atoms with Crippen LogP contribution in [0.2, 0.25) is 0 Å². The Balaban J connectivity index is 1.41. The van der Waals surface area contributed by atoms with Gasteiger partial charge < -0.3 is 15.4 Å². The monoisotopic (exact) mass is 494 g/mol. The third-order valence-electron chi connectivity index (χ3n) is 6.19. The number of carbonyl (C=O) groups is 1. The zero-order chi connectivity index (χ0) is 24.5. The summed E-state index contributed by atoms with van der Waals surface area (Å²) in [5.41, 5.74) is 8.10. The molecule has 5 rings (SSSR count). The van der Waals surface area contributed by atoms with Gasteiger partial charge in [-0.1, -0.05) is 0 Å². The van der Waals surface area contributed by atoms with Gasteiger partial charge in [0.15, 0.2) is 0 Å². The van der Waals surface area contributed by atoms with Crippen LogP contribution < -0.4 is 25.9 Å². The average molecular weight is 495 g/mol. The molecule has 0 bridgehead atoms. The number of anilines is 1. The van der Waals surface area contributed by atoms with Gasteiger partial charge in [0.25, 0.3) is 5.56 Å². The van der Waals surface area contributed by atoms with Gasteiger partial charge in [-0.2, -0.15) is 4.37 Å². The molecule has 0 spiro atoms. The number of aromatic nitrogens is 3. The van der Waals surface area contributed by atoms with Crippen LogP contribution in [0.25, 0.3) is 21.5 Å². The fourth-order valence-electron chi connectivity index (χ4n) is 4.39. The fourth-order valence-corrected chi connectivity index (χ4v) is 5.17. The van der Waals surface area contributed by atoms with Crippen molar-refractivity contribution in [2.75, 3.05) is 30.1 Å². The lowest BCUT2D eigenvalue weighted by Gasteiger charge is -2.38. The number of ether oxygens (including phenoxy) is 1. The molecule has 0 atom stereocenters. The highest BCUT2D eigenvalue weighted by atomic mass is 32.1. The summed E-state index contributed by atoms with van der Waals surface area (Å²) >= 11 is 1.04. The molecule has 0 saturated carbocycles. The van der Waals surface area contributed by atoms with Crippen LogP contribution in [-0.2, 0) is 0 Å². The summed E-state index contributed by atoms with van der Waals surface area (Å²) in [4.78, 5) is 32.4. The smallest absolute Gasteiger partial charge is 0.334 e. The van der Waals surface area contributed by atoms with E-state index in [1.807, 2.05) is 24.3 Å². The summed E-state index contributed by atoms with van der Waals surface area (Å²) < 4.78 is 24.4. The van der Waals surface area contributed by atoms with Crippen molar-refractivity contribution >= 4 is 33.5 Å². The Morgan fingerprint density at radius 3 is 2.46 bits per heavy atom. The number of nitrogens with zero attached hydrogens (tertiary/aromatic N) is 5. The Hall–Kier alpha value is -3.99. The second-order valence-electron chi connectivity index (χ2n) is 8.21. The van der Waals surface area contributed by atoms with Crippen LogP contribution in [0.1, 0.15) is 12.8 Å². The molecule has 0 radical (unpaired) electrons. The Morgan fingerprint density at radius 1 is 1.14 bits per heavy atom. The van der Waals surface area contributed by atoms with Gasteiger partial charge in [0, 0.05) is 24.3 Å². The third kappa shape index (κ3) is 4.30. The zero-order valence-electron chi connectivity index (χ0n) is 18.9. The highest BCUT2D eigenvalue weighted by Crippen LogP contribution is 2.29. The lowest BCUT2D eigenvalue weighted by Crippen LogP contribution is -2.57. The van der Waals surface area contributed by atoms with Crippen LogP contribution in [-0.4, -0.2) is 46.3 Å². The van der Waals surface area contributed by atoms with E-state index in [2.05, 4.69) is 14.3 Å². The SMILES string of the molecule is COc1ccc(-c2nsc3c(=O)n(N(C(N)=O)C4CCN(c5ccc(F)cc5)CC4)cnc23)cc1. The minimum Gasteiger partial charge on any atom is -0.497 e. The maximum Gasteiger partial charge on any atom is 0.334 e. The summed E-state index contributed by atoms with van der Waals surface area (Å²) in [6, 6.07) is 12.6. The molecule has 180 valence electrons. The number of carbonyl (C=O) groups excluding carboxylic acids is 1. The fraction of sp³-hybridized carbons (Fsp3) is 0.250. The third-order valence-corrected chi connectivity index (χ3v) is 7.01. The summed E-state index contributed by atoms with van der Waals surface area (Å²) in [7, 11) is 1.59. The molecule has 11 heteroatoms. The van der Waals surface area contributed by atoms with Gasteiger partial charge >= 0.3 is 6.03 Å². The second kappa shape index (κ2) is 9.34. The largest absolute Gasteiger partial charge is 0.497 e. The number of benzene rings is 2. The molecule has 9 nitrogen and oxygen atoms in total. The number of methoxy groups -OCH3 is 1. The molecular formula is C24H23FN6O3S. The highest BCUT2D eigenvalue weighted by molar-refractivity contribution is 7.13. The first-order chi connectivity index (χ1) is 17.0. The first kappa shape index (κ1) is 22.8. The van der Waals surface area contributed by atoms with Crippen LogP contribution in [0.4, 0.5) is 14.9 Å². The van der Waals surface area contributed by atoms with Crippen LogP contribution >= 0.6 is 11.5 Å². The molecule has 0 unspecified atom stereocenters. The van der Waals surface area contributed by atoms with E-state index >= 15 is 0 Å². The molecule has 1 fully saturated rings. The predicted octanol–water partition coefficient (Wildman–Crippen LogP) is 3.35. The minimum atomic E-state index is -0.728. The van der Waals surface area contributed by atoms with Gasteiger partial charge in [-0.3, -0.25) is 4.79 Å². The first-order valence-corrected chi connectivity index (χ1v) is 11.8. The van der Waals surface area contributed by atoms with Crippen LogP contribution in [0.3, 0.4) is 0 Å². The standard InChI is InChI=1S/C24H23FN6O3S/c1-34-19-8-2-15(3-9-19)20-21-22(35-28-20)23(32)30(14-27-21)31(24(26)33)18-10-12-29(13-11-18)17-6-4-16(25)5-7-17/h2-9,14,18H,10-13H2,1H3,(H2,26,33). The van der Waals surface area contributed by atoms with Gasteiger partial charge in [0.1, 0.15) is 33.8 Å². The average Bonchev–Trinajstić information content (AvgIpc) is 3.31. The maximum absolute atomic E-state index is 13.4. The minimum absolute atomic E-state index is 0.282. The molecule has 1 saturated heterocycles. The summed E-state index contributed by atoms with van der Waals surface area (Å²) in [5.74, 6) is 0.426. The molecule has 4 aromatic rings. The predicted molar refractivity (Wildman–Crippen MR) is 133 cm³/mol. The van der Waals surface area contributed by atoms with Gasteiger partial charge in [-0.15, -0.1) is 0 Å². The maximum atomic E-state index is 13.4. The van der Waals surface area contributed by atoms with Crippen molar-refractivity contribution in [2.24, 2.45) is 5.73 Å². The molecular weight excluding hydrogens is 471 g/mol. The molecule has 0 aliphatic carbocycles. The lowest BCUT2D eigenvalue weighted by molar-refractivity contribution is 0.241. The van der Waals surface area contributed by atoms with Crippen molar-refractivity contribution in [1.29, 1.82) is 0 Å². The number of hydrogen-bond acceptors (Lipinski definition) is 7.